The molecule has 0 saturated heterocycles. The van der Waals surface area contributed by atoms with Gasteiger partial charge in [-0.25, -0.2) is 4.98 Å². The summed E-state index contributed by atoms with van der Waals surface area (Å²) in [6.45, 7) is 4.04. The highest BCUT2D eigenvalue weighted by atomic mass is 16.5. The molecule has 3 heteroatoms. The Morgan fingerprint density at radius 2 is 1.95 bits per heavy atom. The molecule has 102 valence electrons. The number of aryl methyl sites for hydroxylation is 2. The van der Waals surface area contributed by atoms with E-state index >= 15 is 0 Å². The molecular weight excluding hydrogens is 248 g/mol. The molecule has 0 saturated carbocycles. The van der Waals surface area contributed by atoms with Crippen LogP contribution in [0.2, 0.25) is 0 Å². The van der Waals surface area contributed by atoms with Crippen LogP contribution in [0.4, 0.5) is 0 Å². The van der Waals surface area contributed by atoms with Crippen LogP contribution in [-0.2, 0) is 6.42 Å². The Balaban J connectivity index is 2.10. The minimum absolute atomic E-state index is 0.461. The number of hydrogen-bond donors (Lipinski definition) is 0. The Morgan fingerprint density at radius 3 is 2.60 bits per heavy atom. The number of benzene rings is 1. The molecule has 0 aliphatic rings. The van der Waals surface area contributed by atoms with Crippen LogP contribution in [0.1, 0.15) is 36.6 Å². The minimum Gasteiger partial charge on any atom is -0.439 e. The zero-order chi connectivity index (χ0) is 14.4. The van der Waals surface area contributed by atoms with Gasteiger partial charge in [-0.05, 0) is 43.5 Å². The first kappa shape index (κ1) is 14.1. The number of aromatic nitrogens is 1. The van der Waals surface area contributed by atoms with E-state index in [-0.39, 0.29) is 0 Å². The van der Waals surface area contributed by atoms with Crippen molar-refractivity contribution in [1.82, 2.24) is 4.98 Å². The largest absolute Gasteiger partial charge is 0.439 e. The van der Waals surface area contributed by atoms with Gasteiger partial charge in [-0.2, -0.15) is 5.26 Å². The number of pyridine rings is 1. The lowest BCUT2D eigenvalue weighted by Gasteiger charge is -2.07. The average molecular weight is 266 g/mol. The minimum atomic E-state index is 0.461. The molecule has 0 fully saturated rings. The molecule has 0 bridgehead atoms. The predicted octanol–water partition coefficient (Wildman–Crippen LogP) is 4.40. The summed E-state index contributed by atoms with van der Waals surface area (Å²) >= 11 is 0. The van der Waals surface area contributed by atoms with Gasteiger partial charge in [0.2, 0.25) is 5.88 Å². The van der Waals surface area contributed by atoms with Gasteiger partial charge in [-0.3, -0.25) is 0 Å². The van der Waals surface area contributed by atoms with Gasteiger partial charge in [0.15, 0.2) is 0 Å². The van der Waals surface area contributed by atoms with Crippen LogP contribution in [0.5, 0.6) is 11.6 Å². The SMILES string of the molecule is CCCCc1ccc(Oc2cc(C#N)cc(C)n2)cc1. The van der Waals surface area contributed by atoms with E-state index in [0.717, 1.165) is 17.9 Å². The molecule has 2 aromatic rings. The maximum Gasteiger partial charge on any atom is 0.220 e. The molecular formula is C17H18N2O. The first-order valence-corrected chi connectivity index (χ1v) is 6.87. The topological polar surface area (TPSA) is 45.9 Å². The molecule has 1 aromatic heterocycles. The maximum atomic E-state index is 8.94. The van der Waals surface area contributed by atoms with E-state index in [2.05, 4.69) is 30.1 Å². The van der Waals surface area contributed by atoms with Crippen LogP contribution in [0, 0.1) is 18.3 Å². The van der Waals surface area contributed by atoms with Gasteiger partial charge in [-0.15, -0.1) is 0 Å². The van der Waals surface area contributed by atoms with Crippen molar-refractivity contribution in [3.8, 4) is 17.7 Å². The standard InChI is InChI=1S/C17H18N2O/c1-3-4-5-14-6-8-16(9-7-14)20-17-11-15(12-18)10-13(2)19-17/h6-11H,3-5H2,1-2H3. The number of hydrogen-bond acceptors (Lipinski definition) is 3. The maximum absolute atomic E-state index is 8.94. The van der Waals surface area contributed by atoms with Crippen molar-refractivity contribution in [3.05, 3.63) is 53.2 Å². The lowest BCUT2D eigenvalue weighted by Crippen LogP contribution is -1.92. The van der Waals surface area contributed by atoms with E-state index in [1.54, 1.807) is 12.1 Å². The highest BCUT2D eigenvalue weighted by Gasteiger charge is 2.03. The second-order valence-electron chi connectivity index (χ2n) is 4.80. The second-order valence-corrected chi connectivity index (χ2v) is 4.80. The average Bonchev–Trinajstić information content (AvgIpc) is 2.46. The molecule has 0 atom stereocenters. The van der Waals surface area contributed by atoms with Gasteiger partial charge >= 0.3 is 0 Å². The third-order valence-corrected chi connectivity index (χ3v) is 3.02. The van der Waals surface area contributed by atoms with Gasteiger partial charge in [0.1, 0.15) is 5.75 Å². The molecule has 0 aliphatic heterocycles. The number of rotatable bonds is 5. The van der Waals surface area contributed by atoms with Gasteiger partial charge in [-0.1, -0.05) is 25.5 Å². The zero-order valence-corrected chi connectivity index (χ0v) is 11.9. The van der Waals surface area contributed by atoms with Crippen LogP contribution in [0.3, 0.4) is 0 Å². The second kappa shape index (κ2) is 6.72. The van der Waals surface area contributed by atoms with Gasteiger partial charge in [0, 0.05) is 11.8 Å². The predicted molar refractivity (Wildman–Crippen MR) is 78.8 cm³/mol. The van der Waals surface area contributed by atoms with Crippen molar-refractivity contribution >= 4 is 0 Å². The molecule has 0 amide bonds. The summed E-state index contributed by atoms with van der Waals surface area (Å²) in [5.41, 5.74) is 2.65. The molecule has 0 radical (unpaired) electrons. The molecule has 0 unspecified atom stereocenters. The fourth-order valence-corrected chi connectivity index (χ4v) is 1.98. The molecule has 20 heavy (non-hydrogen) atoms. The molecule has 1 aromatic carbocycles. The lowest BCUT2D eigenvalue weighted by molar-refractivity contribution is 0.461. The number of nitriles is 1. The quantitative estimate of drug-likeness (QED) is 0.806. The molecule has 0 spiro atoms. The fourth-order valence-electron chi connectivity index (χ4n) is 1.98. The summed E-state index contributed by atoms with van der Waals surface area (Å²) in [6, 6.07) is 13.5. The highest BCUT2D eigenvalue weighted by molar-refractivity contribution is 5.37. The van der Waals surface area contributed by atoms with Crippen molar-refractivity contribution in [3.63, 3.8) is 0 Å². The van der Waals surface area contributed by atoms with E-state index in [0.29, 0.717) is 11.4 Å². The Kier molecular flexibility index (Phi) is 4.73. The fraction of sp³-hybridized carbons (Fsp3) is 0.294. The molecule has 1 heterocycles. The van der Waals surface area contributed by atoms with Gasteiger partial charge < -0.3 is 4.74 Å². The third kappa shape index (κ3) is 3.83. The van der Waals surface area contributed by atoms with Crippen molar-refractivity contribution in [2.75, 3.05) is 0 Å². The summed E-state index contributed by atoms with van der Waals surface area (Å²) in [6.07, 6.45) is 3.49. The van der Waals surface area contributed by atoms with Crippen LogP contribution in [0.25, 0.3) is 0 Å². The van der Waals surface area contributed by atoms with E-state index < -0.39 is 0 Å². The summed E-state index contributed by atoms with van der Waals surface area (Å²) < 4.78 is 5.70. The van der Waals surface area contributed by atoms with Crippen molar-refractivity contribution in [2.45, 2.75) is 33.1 Å². The Morgan fingerprint density at radius 1 is 1.20 bits per heavy atom. The van der Waals surface area contributed by atoms with Crippen LogP contribution < -0.4 is 4.74 Å². The first-order chi connectivity index (χ1) is 9.71. The van der Waals surface area contributed by atoms with Crippen molar-refractivity contribution < 1.29 is 4.74 Å². The van der Waals surface area contributed by atoms with E-state index in [9.17, 15) is 0 Å². The van der Waals surface area contributed by atoms with E-state index in [4.69, 9.17) is 10.00 Å². The molecule has 2 rings (SSSR count). The number of unbranched alkanes of at least 4 members (excludes halogenated alkanes) is 1. The number of nitrogens with zero attached hydrogens (tertiary/aromatic N) is 2. The molecule has 3 nitrogen and oxygen atoms in total. The van der Waals surface area contributed by atoms with Crippen LogP contribution >= 0.6 is 0 Å². The normalized spacial score (nSPS) is 10.1. The lowest BCUT2D eigenvalue weighted by atomic mass is 10.1. The third-order valence-electron chi connectivity index (χ3n) is 3.02. The highest BCUT2D eigenvalue weighted by Crippen LogP contribution is 2.21. The number of ether oxygens (including phenoxy) is 1. The Labute approximate surface area is 119 Å². The smallest absolute Gasteiger partial charge is 0.220 e. The van der Waals surface area contributed by atoms with Crippen LogP contribution in [-0.4, -0.2) is 4.98 Å². The summed E-state index contributed by atoms with van der Waals surface area (Å²) in [4.78, 5) is 4.28. The van der Waals surface area contributed by atoms with Crippen molar-refractivity contribution in [1.29, 1.82) is 5.26 Å². The Hall–Kier alpha value is -2.34. The van der Waals surface area contributed by atoms with E-state index in [1.807, 2.05) is 19.1 Å². The monoisotopic (exact) mass is 266 g/mol. The van der Waals surface area contributed by atoms with Crippen molar-refractivity contribution in [2.24, 2.45) is 0 Å². The summed E-state index contributed by atoms with van der Waals surface area (Å²) in [5, 5.41) is 8.94. The summed E-state index contributed by atoms with van der Waals surface area (Å²) in [7, 11) is 0. The molecule has 0 N–H and O–H groups in total. The summed E-state index contributed by atoms with van der Waals surface area (Å²) in [5.74, 6) is 1.20. The zero-order valence-electron chi connectivity index (χ0n) is 11.9. The van der Waals surface area contributed by atoms with Gasteiger partial charge in [0.25, 0.3) is 0 Å². The Bertz CT molecular complexity index is 612. The first-order valence-electron chi connectivity index (χ1n) is 6.87. The van der Waals surface area contributed by atoms with E-state index in [1.165, 1.54) is 18.4 Å². The molecule has 0 aliphatic carbocycles. The van der Waals surface area contributed by atoms with Gasteiger partial charge in [0.05, 0.1) is 11.6 Å². The van der Waals surface area contributed by atoms with Crippen LogP contribution in [0.15, 0.2) is 36.4 Å².